The van der Waals surface area contributed by atoms with Gasteiger partial charge in [-0.15, -0.1) is 0 Å². The lowest BCUT2D eigenvalue weighted by molar-refractivity contribution is -0.138. The van der Waals surface area contributed by atoms with Crippen molar-refractivity contribution in [1.29, 1.82) is 0 Å². The first kappa shape index (κ1) is 59.9. The molecule has 16 aromatic carbocycles. The molecule has 0 N–H and O–H groups in total. The summed E-state index contributed by atoms with van der Waals surface area (Å²) >= 11 is 0. The molecule has 2 nitrogen and oxygen atoms in total. The zero-order valence-electron chi connectivity index (χ0n) is 55.0. The van der Waals surface area contributed by atoms with Gasteiger partial charge < -0.3 is 9.47 Å². The van der Waals surface area contributed by atoms with Crippen LogP contribution in [0.1, 0.15) is 22.3 Å². The second-order valence-corrected chi connectivity index (χ2v) is 27.6. The standard InChI is InChI=1S/C92H54B2F6O2/c1-51-33-35-75-79(38-51)101-81-39-52(2)37-73-69-47-67(83-63(55-25-13-5-14-26-55)40-59(53-21-9-3-10-22-53)41-64(83)56-27-15-6-16-28-56)71-50-78-86-70(74-44-62(92(98,99)100)46-82-90(74)94(78)76-36-34-61(91(95,96)97)45-80(76)102-82)48-68(72-49-77(93(75)89(73)81)85(69)87(71)88(72)86)84-65(57-29-17-7-18-30-57)42-60(54-23-11-4-12-24-54)43-66(84)58-31-19-8-20-32-58/h3-50H,1-2H3. The summed E-state index contributed by atoms with van der Waals surface area (Å²) in [5.41, 5.74) is 22.5. The van der Waals surface area contributed by atoms with Gasteiger partial charge in [-0.2, -0.15) is 26.3 Å². The number of aryl methyl sites for hydroxylation is 2. The van der Waals surface area contributed by atoms with Crippen molar-refractivity contribution in [3.63, 3.8) is 0 Å². The van der Waals surface area contributed by atoms with Crippen molar-refractivity contribution in [3.05, 3.63) is 313 Å². The van der Waals surface area contributed by atoms with Gasteiger partial charge in [-0.05, 0) is 257 Å². The fraction of sp³-hybridized carbons (Fsp3) is 0.0435. The highest BCUT2D eigenvalue weighted by atomic mass is 19.4. The van der Waals surface area contributed by atoms with Crippen LogP contribution in [0.15, 0.2) is 291 Å². The summed E-state index contributed by atoms with van der Waals surface area (Å²) < 4.78 is 108. The van der Waals surface area contributed by atoms with Crippen LogP contribution in [-0.4, -0.2) is 13.4 Å². The maximum atomic E-state index is 16.2. The molecule has 0 radical (unpaired) electrons. The SMILES string of the molecule is Cc1ccc2c(c1)Oc1cc(C)cc3c1B2c1cc2c(-c4c(-c5ccccc5)cc(-c5ccccc5)cc4-c4ccccc4)cc4c5c(cc6c(-c7c(-c8ccccc8)cc(-c8ccccc8)cc7-c7ccccc7)cc-3c1c6c25)B1c2ccc(C(F)(F)F)cc2Oc2cc(C(F)(F)F)cc-4c21. The maximum absolute atomic E-state index is 16.2. The van der Waals surface area contributed by atoms with E-state index in [-0.39, 0.29) is 23.8 Å². The molecule has 0 aliphatic carbocycles. The molecular formula is C92H54B2F6O2. The Morgan fingerprint density at radius 3 is 1.01 bits per heavy atom. The molecule has 10 heteroatoms. The Hall–Kier alpha value is -12.1. The van der Waals surface area contributed by atoms with Crippen LogP contribution in [-0.2, 0) is 12.4 Å². The second-order valence-electron chi connectivity index (χ2n) is 27.6. The van der Waals surface area contributed by atoms with E-state index in [1.54, 1.807) is 0 Å². The van der Waals surface area contributed by atoms with Crippen LogP contribution in [0.3, 0.4) is 0 Å². The fourth-order valence-corrected chi connectivity index (χ4v) is 17.4. The number of rotatable bonds is 8. The number of alkyl halides is 6. The molecule has 16 aromatic rings. The molecular weight excluding hydrogens is 1270 g/mol. The van der Waals surface area contributed by atoms with Gasteiger partial charge >= 0.3 is 12.4 Å². The molecule has 102 heavy (non-hydrogen) atoms. The van der Waals surface area contributed by atoms with E-state index in [1.807, 2.05) is 72.8 Å². The second kappa shape index (κ2) is 22.2. The lowest BCUT2D eigenvalue weighted by Gasteiger charge is -2.38. The Morgan fingerprint density at radius 1 is 0.245 bits per heavy atom. The van der Waals surface area contributed by atoms with E-state index >= 15 is 26.3 Å². The van der Waals surface area contributed by atoms with Gasteiger partial charge in [0.2, 0.25) is 0 Å². The molecule has 0 atom stereocenters. The van der Waals surface area contributed by atoms with Gasteiger partial charge in [0.05, 0.1) is 11.1 Å². The van der Waals surface area contributed by atoms with Crippen LogP contribution in [0.4, 0.5) is 26.3 Å². The molecule has 4 aliphatic rings. The smallest absolute Gasteiger partial charge is 0.416 e. The molecule has 0 spiro atoms. The minimum Gasteiger partial charge on any atom is -0.458 e. The van der Waals surface area contributed by atoms with Crippen LogP contribution >= 0.6 is 0 Å². The third kappa shape index (κ3) is 9.10. The van der Waals surface area contributed by atoms with Gasteiger partial charge in [-0.25, -0.2) is 0 Å². The minimum absolute atomic E-state index is 0.159. The summed E-state index contributed by atoms with van der Waals surface area (Å²) in [6.07, 6.45) is -9.70. The average Bonchev–Trinajstić information content (AvgIpc) is 0.664. The predicted octanol–water partition coefficient (Wildman–Crippen LogP) is 21.8. The van der Waals surface area contributed by atoms with Crippen LogP contribution in [0.5, 0.6) is 23.0 Å². The van der Waals surface area contributed by atoms with E-state index in [0.29, 0.717) is 21.9 Å². The summed E-state index contributed by atoms with van der Waals surface area (Å²) in [5.74, 6) is 1.19. The third-order valence-electron chi connectivity index (χ3n) is 21.6. The van der Waals surface area contributed by atoms with Gasteiger partial charge in [0.25, 0.3) is 13.4 Å². The third-order valence-corrected chi connectivity index (χ3v) is 21.6. The number of benzene rings is 16. The zero-order chi connectivity index (χ0) is 68.6. The molecule has 20 rings (SSSR count). The zero-order valence-corrected chi connectivity index (χ0v) is 55.0. The fourth-order valence-electron chi connectivity index (χ4n) is 17.4. The van der Waals surface area contributed by atoms with E-state index in [9.17, 15) is 0 Å². The number of halogens is 6. The summed E-state index contributed by atoms with van der Waals surface area (Å²) in [7, 11) is 0. The van der Waals surface area contributed by atoms with Crippen molar-refractivity contribution in [3.8, 4) is 134 Å². The van der Waals surface area contributed by atoms with Crippen LogP contribution < -0.4 is 42.3 Å². The number of hydrogen-bond donors (Lipinski definition) is 0. The molecule has 4 aliphatic heterocycles. The first-order chi connectivity index (χ1) is 49.7. The summed E-state index contributed by atoms with van der Waals surface area (Å²) in [5, 5.41) is 5.15. The Balaban J connectivity index is 1.06. The van der Waals surface area contributed by atoms with E-state index in [1.165, 1.54) is 12.1 Å². The largest absolute Gasteiger partial charge is 0.458 e. The van der Waals surface area contributed by atoms with Crippen molar-refractivity contribution >= 4 is 78.5 Å². The number of hydrogen-bond acceptors (Lipinski definition) is 2. The van der Waals surface area contributed by atoms with E-state index in [4.69, 9.17) is 9.47 Å². The van der Waals surface area contributed by atoms with Crippen molar-refractivity contribution < 1.29 is 35.8 Å². The Morgan fingerprint density at radius 2 is 0.598 bits per heavy atom. The highest BCUT2D eigenvalue weighted by Gasteiger charge is 2.47. The summed E-state index contributed by atoms with van der Waals surface area (Å²) in [6, 6.07) is 97.1. The quantitative estimate of drug-likeness (QED) is 0.0858. The van der Waals surface area contributed by atoms with E-state index in [2.05, 4.69) is 202 Å². The first-order valence-corrected chi connectivity index (χ1v) is 34.3. The summed E-state index contributed by atoms with van der Waals surface area (Å²) in [4.78, 5) is 0. The molecule has 0 amide bonds. The molecule has 0 saturated carbocycles. The monoisotopic (exact) mass is 1330 g/mol. The first-order valence-electron chi connectivity index (χ1n) is 34.3. The molecule has 0 aromatic heterocycles. The lowest BCUT2D eigenvalue weighted by atomic mass is 9.31. The molecule has 482 valence electrons. The van der Waals surface area contributed by atoms with Crippen molar-refractivity contribution in [2.24, 2.45) is 0 Å². The van der Waals surface area contributed by atoms with E-state index in [0.717, 1.165) is 190 Å². The van der Waals surface area contributed by atoms with Gasteiger partial charge in [0.15, 0.2) is 0 Å². The van der Waals surface area contributed by atoms with Crippen molar-refractivity contribution in [1.82, 2.24) is 0 Å². The topological polar surface area (TPSA) is 18.5 Å². The van der Waals surface area contributed by atoms with Gasteiger partial charge in [-0.3, -0.25) is 0 Å². The lowest BCUT2D eigenvalue weighted by Crippen LogP contribution is -2.58. The van der Waals surface area contributed by atoms with Crippen LogP contribution in [0.2, 0.25) is 0 Å². The number of ether oxygens (including phenoxy) is 2. The Labute approximate surface area is 584 Å². The number of fused-ring (bicyclic) bond motifs is 8. The summed E-state index contributed by atoms with van der Waals surface area (Å²) in [6.45, 7) is 2.89. The molecule has 0 unspecified atom stereocenters. The molecule has 4 heterocycles. The molecule has 0 saturated heterocycles. The highest BCUT2D eigenvalue weighted by molar-refractivity contribution is 7.01. The normalized spacial score (nSPS) is 13.0. The Kier molecular flexibility index (Phi) is 13.0. The van der Waals surface area contributed by atoms with Gasteiger partial charge in [-0.1, -0.05) is 235 Å². The van der Waals surface area contributed by atoms with Gasteiger partial charge in [0.1, 0.15) is 23.0 Å². The van der Waals surface area contributed by atoms with E-state index < -0.39 is 30.2 Å². The van der Waals surface area contributed by atoms with Crippen LogP contribution in [0.25, 0.3) is 144 Å². The van der Waals surface area contributed by atoms with Crippen molar-refractivity contribution in [2.75, 3.05) is 0 Å². The maximum Gasteiger partial charge on any atom is 0.416 e. The van der Waals surface area contributed by atoms with Crippen LogP contribution in [0, 0.1) is 13.8 Å². The van der Waals surface area contributed by atoms with Gasteiger partial charge in [0, 0.05) is 0 Å². The van der Waals surface area contributed by atoms with Crippen molar-refractivity contribution in [2.45, 2.75) is 26.2 Å². The highest BCUT2D eigenvalue weighted by Crippen LogP contribution is 2.56. The Bertz CT molecular complexity index is 6100. The molecule has 0 bridgehead atoms. The molecule has 0 fully saturated rings. The minimum atomic E-state index is -4.90. The average molecular weight is 1330 g/mol. The predicted molar refractivity (Wildman–Crippen MR) is 406 cm³/mol.